The van der Waals surface area contributed by atoms with Crippen molar-refractivity contribution in [2.24, 2.45) is 5.90 Å². The van der Waals surface area contributed by atoms with E-state index >= 15 is 0 Å². The van der Waals surface area contributed by atoms with Crippen LogP contribution >= 0.6 is 0 Å². The quantitative estimate of drug-likeness (QED) is 0.778. The summed E-state index contributed by atoms with van der Waals surface area (Å²) in [4.78, 5) is 4.67. The minimum Gasteiger partial charge on any atom is -0.497 e. The summed E-state index contributed by atoms with van der Waals surface area (Å²) in [6.45, 7) is 0.407. The number of ether oxygens (including phenoxy) is 1. The normalized spacial score (nSPS) is 10.5. The molecule has 3 nitrogen and oxygen atoms in total. The Morgan fingerprint density at radius 1 is 1.20 bits per heavy atom. The molecule has 2 aromatic rings. The molecule has 2 rings (SSSR count). The summed E-state index contributed by atoms with van der Waals surface area (Å²) >= 11 is 0. The van der Waals surface area contributed by atoms with Gasteiger partial charge in [-0.15, -0.1) is 0 Å². The smallest absolute Gasteiger partial charge is 0.119 e. The van der Waals surface area contributed by atoms with Gasteiger partial charge in [0.25, 0.3) is 0 Å². The zero-order valence-electron chi connectivity index (χ0n) is 8.57. The van der Waals surface area contributed by atoms with Crippen LogP contribution in [0.3, 0.4) is 0 Å². The first-order valence-electron chi connectivity index (χ1n) is 4.72. The summed E-state index contributed by atoms with van der Waals surface area (Å²) in [6.07, 6.45) is 0. The van der Waals surface area contributed by atoms with Crippen molar-refractivity contribution in [3.05, 3.63) is 42.0 Å². The maximum Gasteiger partial charge on any atom is 0.119 e. The number of nitrogens with two attached hydrogens (primary N) is 1. The van der Waals surface area contributed by atoms with Crippen molar-refractivity contribution in [2.75, 3.05) is 7.11 Å². The lowest BCUT2D eigenvalue weighted by Gasteiger charge is -2.07. The summed E-state index contributed by atoms with van der Waals surface area (Å²) in [7, 11) is 1.66. The molecule has 2 N–H and O–H groups in total. The third-order valence-corrected chi connectivity index (χ3v) is 2.42. The lowest BCUT2D eigenvalue weighted by atomic mass is 10.0. The van der Waals surface area contributed by atoms with E-state index in [1.165, 1.54) is 0 Å². The molecule has 0 aliphatic carbocycles. The van der Waals surface area contributed by atoms with E-state index in [-0.39, 0.29) is 0 Å². The standard InChI is InChI=1S/C12H13NO2/c1-14-11-6-5-9-3-2-4-10(8-15-13)12(9)7-11/h2-7H,8,13H2,1H3. The zero-order chi connectivity index (χ0) is 10.7. The van der Waals surface area contributed by atoms with Crippen molar-refractivity contribution in [1.82, 2.24) is 0 Å². The van der Waals surface area contributed by atoms with Gasteiger partial charge in [0.1, 0.15) is 5.75 Å². The maximum atomic E-state index is 5.18. The van der Waals surface area contributed by atoms with Gasteiger partial charge in [0.05, 0.1) is 13.7 Å². The van der Waals surface area contributed by atoms with Crippen LogP contribution in [0.4, 0.5) is 0 Å². The third kappa shape index (κ3) is 1.93. The molecule has 0 aliphatic heterocycles. The Hall–Kier alpha value is -1.58. The SMILES string of the molecule is COc1ccc2cccc(CON)c2c1. The molecular formula is C12H13NO2. The Labute approximate surface area is 88.4 Å². The van der Waals surface area contributed by atoms with Crippen molar-refractivity contribution in [3.8, 4) is 5.75 Å². The van der Waals surface area contributed by atoms with Crippen molar-refractivity contribution in [2.45, 2.75) is 6.61 Å². The molecule has 78 valence electrons. The topological polar surface area (TPSA) is 44.5 Å². The molecule has 0 fully saturated rings. The van der Waals surface area contributed by atoms with Crippen molar-refractivity contribution < 1.29 is 9.57 Å². The van der Waals surface area contributed by atoms with E-state index in [0.29, 0.717) is 6.61 Å². The summed E-state index contributed by atoms with van der Waals surface area (Å²) in [5, 5.41) is 2.27. The fourth-order valence-electron chi connectivity index (χ4n) is 1.66. The molecule has 0 amide bonds. The highest BCUT2D eigenvalue weighted by Gasteiger charge is 2.02. The minimum atomic E-state index is 0.407. The zero-order valence-corrected chi connectivity index (χ0v) is 8.57. The molecule has 3 heteroatoms. The highest BCUT2D eigenvalue weighted by Crippen LogP contribution is 2.24. The van der Waals surface area contributed by atoms with E-state index in [9.17, 15) is 0 Å². The second-order valence-corrected chi connectivity index (χ2v) is 3.32. The summed E-state index contributed by atoms with van der Waals surface area (Å²) in [5.41, 5.74) is 1.06. The van der Waals surface area contributed by atoms with Gasteiger partial charge in [0.15, 0.2) is 0 Å². The largest absolute Gasteiger partial charge is 0.497 e. The first kappa shape index (κ1) is 9.96. The summed E-state index contributed by atoms with van der Waals surface area (Å²) in [5.74, 6) is 5.93. The molecule has 0 aliphatic rings. The number of methoxy groups -OCH3 is 1. The van der Waals surface area contributed by atoms with E-state index in [1.807, 2.05) is 30.3 Å². The van der Waals surface area contributed by atoms with Crippen LogP contribution in [0, 0.1) is 0 Å². The summed E-state index contributed by atoms with van der Waals surface area (Å²) < 4.78 is 5.18. The van der Waals surface area contributed by atoms with Crippen molar-refractivity contribution >= 4 is 10.8 Å². The second-order valence-electron chi connectivity index (χ2n) is 3.32. The van der Waals surface area contributed by atoms with Crippen LogP contribution in [0.2, 0.25) is 0 Å². The number of hydrogen-bond donors (Lipinski definition) is 1. The molecule has 0 saturated heterocycles. The Bertz CT molecular complexity index is 468. The van der Waals surface area contributed by atoms with Gasteiger partial charge in [-0.05, 0) is 28.5 Å². The van der Waals surface area contributed by atoms with E-state index in [2.05, 4.69) is 10.9 Å². The van der Waals surface area contributed by atoms with Gasteiger partial charge in [-0.1, -0.05) is 24.3 Å². The predicted molar refractivity (Wildman–Crippen MR) is 59.5 cm³/mol. The van der Waals surface area contributed by atoms with Gasteiger partial charge >= 0.3 is 0 Å². The molecule has 0 unspecified atom stereocenters. The predicted octanol–water partition coefficient (Wildman–Crippen LogP) is 2.24. The molecule has 0 radical (unpaired) electrons. The molecule has 0 bridgehead atoms. The van der Waals surface area contributed by atoms with Crippen LogP contribution in [0.1, 0.15) is 5.56 Å². The van der Waals surface area contributed by atoms with Crippen LogP contribution in [-0.4, -0.2) is 7.11 Å². The highest BCUT2D eigenvalue weighted by molar-refractivity contribution is 5.86. The van der Waals surface area contributed by atoms with Gasteiger partial charge in [0.2, 0.25) is 0 Å². The minimum absolute atomic E-state index is 0.407. The highest BCUT2D eigenvalue weighted by atomic mass is 16.6. The summed E-state index contributed by atoms with van der Waals surface area (Å²) in [6, 6.07) is 12.0. The Kier molecular flexibility index (Phi) is 2.85. The Balaban J connectivity index is 2.59. The van der Waals surface area contributed by atoms with Crippen LogP contribution in [0.15, 0.2) is 36.4 Å². The lowest BCUT2D eigenvalue weighted by molar-refractivity contribution is 0.125. The average Bonchev–Trinajstić information content (AvgIpc) is 2.29. The van der Waals surface area contributed by atoms with E-state index in [4.69, 9.17) is 10.6 Å². The fourth-order valence-corrected chi connectivity index (χ4v) is 1.66. The lowest BCUT2D eigenvalue weighted by Crippen LogP contribution is -1.99. The number of fused-ring (bicyclic) bond motifs is 1. The van der Waals surface area contributed by atoms with Gasteiger partial charge in [-0.25, -0.2) is 5.90 Å². The first-order valence-corrected chi connectivity index (χ1v) is 4.72. The second kappa shape index (κ2) is 4.29. The molecule has 2 aromatic carbocycles. The first-order chi connectivity index (χ1) is 7.35. The van der Waals surface area contributed by atoms with Crippen LogP contribution in [-0.2, 0) is 11.4 Å². The van der Waals surface area contributed by atoms with Crippen molar-refractivity contribution in [3.63, 3.8) is 0 Å². The van der Waals surface area contributed by atoms with Crippen molar-refractivity contribution in [1.29, 1.82) is 0 Å². The molecule has 0 spiro atoms. The fraction of sp³-hybridized carbons (Fsp3) is 0.167. The average molecular weight is 203 g/mol. The monoisotopic (exact) mass is 203 g/mol. The molecule has 0 heterocycles. The van der Waals surface area contributed by atoms with Crippen LogP contribution in [0.25, 0.3) is 10.8 Å². The van der Waals surface area contributed by atoms with E-state index < -0.39 is 0 Å². The van der Waals surface area contributed by atoms with Gasteiger partial charge in [-0.3, -0.25) is 4.84 Å². The Morgan fingerprint density at radius 2 is 2.07 bits per heavy atom. The van der Waals surface area contributed by atoms with E-state index in [1.54, 1.807) is 7.11 Å². The number of hydrogen-bond acceptors (Lipinski definition) is 3. The van der Waals surface area contributed by atoms with Gasteiger partial charge in [0, 0.05) is 0 Å². The molecule has 15 heavy (non-hydrogen) atoms. The van der Waals surface area contributed by atoms with E-state index in [0.717, 1.165) is 22.1 Å². The van der Waals surface area contributed by atoms with Crippen LogP contribution in [0.5, 0.6) is 5.75 Å². The van der Waals surface area contributed by atoms with Gasteiger partial charge < -0.3 is 4.74 Å². The molecular weight excluding hydrogens is 190 g/mol. The number of rotatable bonds is 3. The maximum absolute atomic E-state index is 5.18. The molecule has 0 atom stereocenters. The van der Waals surface area contributed by atoms with Gasteiger partial charge in [-0.2, -0.15) is 0 Å². The van der Waals surface area contributed by atoms with Crippen LogP contribution < -0.4 is 10.6 Å². The molecule has 0 saturated carbocycles. The third-order valence-electron chi connectivity index (χ3n) is 2.42. The Morgan fingerprint density at radius 3 is 2.80 bits per heavy atom. The molecule has 0 aromatic heterocycles. The number of benzene rings is 2.